The van der Waals surface area contributed by atoms with E-state index in [1.807, 2.05) is 60.7 Å². The third-order valence-electron chi connectivity index (χ3n) is 4.55. The summed E-state index contributed by atoms with van der Waals surface area (Å²) in [6.45, 7) is 0.332. The van der Waals surface area contributed by atoms with Crippen LogP contribution in [0.3, 0.4) is 0 Å². The third kappa shape index (κ3) is 4.99. The zero-order valence-corrected chi connectivity index (χ0v) is 17.2. The largest absolute Gasteiger partial charge is 0.487 e. The smallest absolute Gasteiger partial charge is 0.373 e. The van der Waals surface area contributed by atoms with Crippen molar-refractivity contribution in [1.29, 1.82) is 5.41 Å². The number of hydrogen-bond acceptors (Lipinski definition) is 5. The predicted molar refractivity (Wildman–Crippen MR) is 121 cm³/mol. The number of hydrogen-bond donors (Lipinski definition) is 2. The first-order valence-corrected chi connectivity index (χ1v) is 9.82. The molecule has 2 aromatic heterocycles. The van der Waals surface area contributed by atoms with Gasteiger partial charge in [-0.2, -0.15) is 0 Å². The molecule has 4 rings (SSSR count). The zero-order chi connectivity index (χ0) is 21.6. The molecule has 0 saturated carbocycles. The van der Waals surface area contributed by atoms with Gasteiger partial charge in [0.15, 0.2) is 12.0 Å². The molecule has 6 nitrogen and oxygen atoms in total. The minimum absolute atomic E-state index is 0.122. The number of fused-ring (bicyclic) bond motifs is 1. The van der Waals surface area contributed by atoms with Crippen molar-refractivity contribution < 1.29 is 19.3 Å². The summed E-state index contributed by atoms with van der Waals surface area (Å²) in [7, 11) is 0. The quantitative estimate of drug-likeness (QED) is 0.257. The van der Waals surface area contributed by atoms with Crippen LogP contribution < -0.4 is 10.1 Å². The van der Waals surface area contributed by atoms with Gasteiger partial charge in [0, 0.05) is 11.1 Å². The Morgan fingerprint density at radius 1 is 1.03 bits per heavy atom. The van der Waals surface area contributed by atoms with Gasteiger partial charge in [-0.05, 0) is 53.6 Å². The molecule has 31 heavy (non-hydrogen) atoms. The van der Waals surface area contributed by atoms with Gasteiger partial charge in [0.25, 0.3) is 0 Å². The molecule has 0 amide bonds. The number of furan rings is 1. The lowest BCUT2D eigenvalue weighted by Crippen LogP contribution is -2.41. The van der Waals surface area contributed by atoms with Gasteiger partial charge in [-0.1, -0.05) is 35.9 Å². The van der Waals surface area contributed by atoms with E-state index in [9.17, 15) is 0 Å². The first kappa shape index (κ1) is 20.4. The van der Waals surface area contributed by atoms with E-state index in [0.29, 0.717) is 23.0 Å². The fraction of sp³-hybridized carbons (Fsp3) is 0.0417. The van der Waals surface area contributed by atoms with E-state index in [0.717, 1.165) is 34.3 Å². The van der Waals surface area contributed by atoms with Crippen molar-refractivity contribution in [1.82, 2.24) is 4.98 Å². The van der Waals surface area contributed by atoms with Crippen LogP contribution in [0.2, 0.25) is 5.02 Å². The van der Waals surface area contributed by atoms with Gasteiger partial charge in [-0.25, -0.2) is 10.4 Å². The second kappa shape index (κ2) is 9.28. The van der Waals surface area contributed by atoms with Crippen molar-refractivity contribution in [2.24, 2.45) is 0 Å². The first-order valence-electron chi connectivity index (χ1n) is 9.44. The lowest BCUT2D eigenvalue weighted by molar-refractivity contribution is -0.128. The summed E-state index contributed by atoms with van der Waals surface area (Å²) in [6, 6.07) is 20.4. The summed E-state index contributed by atoms with van der Waals surface area (Å²) in [5.74, 6) is 0.812. The van der Waals surface area contributed by atoms with Gasteiger partial charge in [-0.15, -0.1) is 0 Å². The third-order valence-corrected chi connectivity index (χ3v) is 4.80. The van der Waals surface area contributed by atoms with Crippen LogP contribution in [0.5, 0.6) is 5.75 Å². The van der Waals surface area contributed by atoms with Gasteiger partial charge in [0.1, 0.15) is 17.9 Å². The summed E-state index contributed by atoms with van der Waals surface area (Å²) < 4.78 is 16.3. The number of nitrogens with zero attached hydrogens (tertiary/aromatic N) is 1. The highest BCUT2D eigenvalue weighted by Crippen LogP contribution is 2.23. The average Bonchev–Trinajstić information content (AvgIpc) is 3.26. The maximum atomic E-state index is 7.18. The molecule has 0 atom stereocenters. The van der Waals surface area contributed by atoms with E-state index in [2.05, 4.69) is 4.98 Å². The lowest BCUT2D eigenvalue weighted by Gasteiger charge is -2.08. The van der Waals surface area contributed by atoms with Crippen LogP contribution in [-0.2, 0) is 11.3 Å². The molecule has 0 aliphatic rings. The molecule has 0 spiro atoms. The molecule has 7 heteroatoms. The second-order valence-corrected chi connectivity index (χ2v) is 7.07. The molecule has 154 valence electrons. The Balaban J connectivity index is 1.52. The normalized spacial score (nSPS) is 11.3. The Labute approximate surface area is 183 Å². The molecule has 3 N–H and O–H groups in total. The van der Waals surface area contributed by atoms with E-state index in [1.165, 1.54) is 0 Å². The van der Waals surface area contributed by atoms with Crippen LogP contribution in [0.4, 0.5) is 0 Å². The Morgan fingerprint density at radius 3 is 2.55 bits per heavy atom. The molecule has 0 radical (unpaired) electrons. The van der Waals surface area contributed by atoms with E-state index in [4.69, 9.17) is 36.3 Å². The number of pyridine rings is 1. The SMILES string of the molecule is N=COC(=[NH2+])/C(=C/c1ccc(Cl)cc1)c1ccc(OCc2ccc3occc3n2)cc1. The number of nitrogens with two attached hydrogens (primary N) is 1. The summed E-state index contributed by atoms with van der Waals surface area (Å²) in [5, 5.41) is 13.9. The fourth-order valence-corrected chi connectivity index (χ4v) is 3.14. The number of benzene rings is 2. The number of aromatic nitrogens is 1. The molecular formula is C24H19ClN3O3+. The molecular weight excluding hydrogens is 414 g/mol. The van der Waals surface area contributed by atoms with Gasteiger partial charge >= 0.3 is 5.90 Å². The van der Waals surface area contributed by atoms with Crippen LogP contribution in [0.25, 0.3) is 22.7 Å². The fourth-order valence-electron chi connectivity index (χ4n) is 3.01. The molecule has 2 heterocycles. The topological polar surface area (TPSA) is 93.9 Å². The minimum atomic E-state index is 0.122. The highest BCUT2D eigenvalue weighted by Gasteiger charge is 2.15. The number of nitrogens with one attached hydrogen (secondary N) is 1. The standard InChI is InChI=1S/C24H18ClN3O3/c25-18-5-1-16(2-6-18)13-21(24(27)31-15-26)17-3-8-20(9-4-17)30-14-19-7-10-23-22(28-19)11-12-29-23/h1-13,15,26-27H,14H2/p+1/b21-13+,26-15?,27-24?. The van der Waals surface area contributed by atoms with E-state index >= 15 is 0 Å². The van der Waals surface area contributed by atoms with Crippen LogP contribution in [0.15, 0.2) is 77.4 Å². The number of halogens is 1. The first-order chi connectivity index (χ1) is 15.1. The van der Waals surface area contributed by atoms with E-state index < -0.39 is 0 Å². The van der Waals surface area contributed by atoms with Crippen molar-refractivity contribution >= 4 is 46.6 Å². The van der Waals surface area contributed by atoms with Gasteiger partial charge in [-0.3, -0.25) is 5.41 Å². The highest BCUT2D eigenvalue weighted by molar-refractivity contribution is 6.30. The van der Waals surface area contributed by atoms with Crippen molar-refractivity contribution in [2.45, 2.75) is 6.61 Å². The summed E-state index contributed by atoms with van der Waals surface area (Å²) in [5.41, 5.74) is 4.71. The Hall–Kier alpha value is -3.90. The molecule has 4 aromatic rings. The number of rotatable bonds is 7. The second-order valence-electron chi connectivity index (χ2n) is 6.63. The van der Waals surface area contributed by atoms with E-state index in [-0.39, 0.29) is 5.90 Å². The number of ether oxygens (including phenoxy) is 2. The van der Waals surface area contributed by atoms with Crippen molar-refractivity contribution in [3.8, 4) is 5.75 Å². The predicted octanol–water partition coefficient (Wildman–Crippen LogP) is 4.38. The molecule has 0 unspecified atom stereocenters. The van der Waals surface area contributed by atoms with Gasteiger partial charge in [0.05, 0.1) is 17.5 Å². The maximum Gasteiger partial charge on any atom is 0.373 e. The highest BCUT2D eigenvalue weighted by atomic mass is 35.5. The van der Waals surface area contributed by atoms with E-state index in [1.54, 1.807) is 18.4 Å². The van der Waals surface area contributed by atoms with Crippen LogP contribution >= 0.6 is 11.6 Å². The molecule has 0 fully saturated rings. The Kier molecular flexibility index (Phi) is 6.10. The van der Waals surface area contributed by atoms with Gasteiger partial charge < -0.3 is 13.9 Å². The molecule has 0 aliphatic carbocycles. The van der Waals surface area contributed by atoms with Crippen LogP contribution in [-0.4, -0.2) is 17.3 Å². The minimum Gasteiger partial charge on any atom is -0.487 e. The molecule has 0 bridgehead atoms. The summed E-state index contributed by atoms with van der Waals surface area (Å²) in [4.78, 5) is 4.50. The van der Waals surface area contributed by atoms with Crippen molar-refractivity contribution in [3.05, 3.63) is 94.8 Å². The Bertz CT molecular complexity index is 1250. The van der Waals surface area contributed by atoms with Crippen LogP contribution in [0, 0.1) is 5.41 Å². The summed E-state index contributed by atoms with van der Waals surface area (Å²) in [6.07, 6.45) is 4.28. The lowest BCUT2D eigenvalue weighted by atomic mass is 10.0. The molecule has 0 aliphatic heterocycles. The zero-order valence-electron chi connectivity index (χ0n) is 16.4. The van der Waals surface area contributed by atoms with Crippen molar-refractivity contribution in [3.63, 3.8) is 0 Å². The summed E-state index contributed by atoms with van der Waals surface area (Å²) >= 11 is 5.96. The van der Waals surface area contributed by atoms with Crippen molar-refractivity contribution in [2.75, 3.05) is 0 Å². The average molecular weight is 433 g/mol. The van der Waals surface area contributed by atoms with Crippen LogP contribution in [0.1, 0.15) is 16.8 Å². The monoisotopic (exact) mass is 432 g/mol. The Morgan fingerprint density at radius 2 is 1.81 bits per heavy atom. The molecule has 0 saturated heterocycles. The maximum absolute atomic E-state index is 7.18. The molecule has 2 aromatic carbocycles. The van der Waals surface area contributed by atoms with Gasteiger partial charge in [0.2, 0.25) is 0 Å².